The van der Waals surface area contributed by atoms with Crippen LogP contribution in [0, 0.1) is 0 Å². The zero-order valence-electron chi connectivity index (χ0n) is 12.3. The van der Waals surface area contributed by atoms with Crippen LogP contribution in [0.25, 0.3) is 0 Å². The Kier molecular flexibility index (Phi) is 4.82. The van der Waals surface area contributed by atoms with Crippen molar-refractivity contribution in [3.05, 3.63) is 51.5 Å². The Balaban J connectivity index is 1.73. The predicted octanol–water partition coefficient (Wildman–Crippen LogP) is 1.84. The van der Waals surface area contributed by atoms with Gasteiger partial charge < -0.3 is 10.4 Å². The molecule has 5 nitrogen and oxygen atoms in total. The van der Waals surface area contributed by atoms with E-state index in [9.17, 15) is 4.79 Å². The minimum atomic E-state index is -0.961. The topological polar surface area (TPSA) is 65.5 Å². The molecule has 1 saturated heterocycles. The van der Waals surface area contributed by atoms with Crippen LogP contribution >= 0.6 is 11.3 Å². The molecule has 1 aromatic carbocycles. The van der Waals surface area contributed by atoms with E-state index < -0.39 is 5.97 Å². The first kappa shape index (κ1) is 15.1. The summed E-state index contributed by atoms with van der Waals surface area (Å²) in [6, 6.07) is 8.36. The van der Waals surface area contributed by atoms with Crippen LogP contribution in [-0.4, -0.2) is 47.1 Å². The van der Waals surface area contributed by atoms with Gasteiger partial charge in [-0.3, -0.25) is 4.90 Å². The van der Waals surface area contributed by atoms with Crippen molar-refractivity contribution < 1.29 is 9.90 Å². The van der Waals surface area contributed by atoms with Gasteiger partial charge in [-0.05, 0) is 11.1 Å². The minimum Gasteiger partial charge on any atom is -0.476 e. The molecule has 1 fully saturated rings. The number of benzene rings is 1. The molecule has 6 heteroatoms. The molecule has 0 bridgehead atoms. The van der Waals surface area contributed by atoms with Gasteiger partial charge in [0.1, 0.15) is 0 Å². The van der Waals surface area contributed by atoms with Gasteiger partial charge in [0.2, 0.25) is 0 Å². The number of carboxylic acids is 1. The molecule has 2 aromatic rings. The molecule has 1 aliphatic heterocycles. The second-order valence-electron chi connectivity index (χ2n) is 5.40. The molecule has 2 heterocycles. The summed E-state index contributed by atoms with van der Waals surface area (Å²) in [4.78, 5) is 17.6. The van der Waals surface area contributed by atoms with Gasteiger partial charge in [0.25, 0.3) is 0 Å². The summed E-state index contributed by atoms with van der Waals surface area (Å²) in [5, 5.41) is 14.8. The Bertz CT molecular complexity index is 650. The van der Waals surface area contributed by atoms with Crippen molar-refractivity contribution in [2.24, 2.45) is 0 Å². The van der Waals surface area contributed by atoms with Crippen molar-refractivity contribution in [1.29, 1.82) is 0 Å². The van der Waals surface area contributed by atoms with Crippen LogP contribution < -0.4 is 5.32 Å². The number of aromatic carboxylic acids is 1. The highest BCUT2D eigenvalue weighted by Gasteiger charge is 2.14. The highest BCUT2D eigenvalue weighted by Crippen LogP contribution is 2.19. The van der Waals surface area contributed by atoms with E-state index in [0.717, 1.165) is 37.7 Å². The highest BCUT2D eigenvalue weighted by molar-refractivity contribution is 7.09. The number of thiazole rings is 1. The molecule has 2 N–H and O–H groups in total. The molecular formula is C16H19N3O2S. The Hall–Kier alpha value is -1.76. The first-order valence-electron chi connectivity index (χ1n) is 7.40. The molecule has 0 amide bonds. The van der Waals surface area contributed by atoms with Gasteiger partial charge in [0, 0.05) is 44.5 Å². The third kappa shape index (κ3) is 3.71. The predicted molar refractivity (Wildman–Crippen MR) is 86.5 cm³/mol. The Morgan fingerprint density at radius 3 is 2.68 bits per heavy atom. The average Bonchev–Trinajstić information content (AvgIpc) is 2.99. The number of nitrogens with zero attached hydrogens (tertiary/aromatic N) is 2. The molecule has 0 aliphatic carbocycles. The van der Waals surface area contributed by atoms with Crippen molar-refractivity contribution in [1.82, 2.24) is 15.2 Å². The normalized spacial score (nSPS) is 15.8. The summed E-state index contributed by atoms with van der Waals surface area (Å²) in [6.45, 7) is 5.14. The lowest BCUT2D eigenvalue weighted by Crippen LogP contribution is -2.43. The molecule has 1 aromatic heterocycles. The molecule has 3 rings (SSSR count). The minimum absolute atomic E-state index is 0.139. The van der Waals surface area contributed by atoms with Crippen molar-refractivity contribution >= 4 is 17.3 Å². The third-order valence-electron chi connectivity index (χ3n) is 3.83. The van der Waals surface area contributed by atoms with E-state index in [0.29, 0.717) is 6.42 Å². The number of carbonyl (C=O) groups is 1. The molecule has 22 heavy (non-hydrogen) atoms. The van der Waals surface area contributed by atoms with Crippen LogP contribution in [0.2, 0.25) is 0 Å². The number of aromatic nitrogens is 1. The van der Waals surface area contributed by atoms with Crippen molar-refractivity contribution in [3.63, 3.8) is 0 Å². The summed E-state index contributed by atoms with van der Waals surface area (Å²) >= 11 is 1.41. The lowest BCUT2D eigenvalue weighted by Gasteiger charge is -2.28. The Morgan fingerprint density at radius 2 is 2.00 bits per heavy atom. The van der Waals surface area contributed by atoms with E-state index in [1.165, 1.54) is 22.5 Å². The summed E-state index contributed by atoms with van der Waals surface area (Å²) in [5.41, 5.74) is 2.67. The number of rotatable bonds is 5. The number of hydrogen-bond acceptors (Lipinski definition) is 5. The van der Waals surface area contributed by atoms with Crippen LogP contribution in [0.4, 0.5) is 0 Å². The molecule has 0 spiro atoms. The molecule has 0 atom stereocenters. The second kappa shape index (κ2) is 7.00. The van der Waals surface area contributed by atoms with Crippen molar-refractivity contribution in [3.8, 4) is 0 Å². The van der Waals surface area contributed by atoms with Gasteiger partial charge in [0.15, 0.2) is 5.69 Å². The van der Waals surface area contributed by atoms with Crippen LogP contribution in [0.5, 0.6) is 0 Å². The zero-order valence-corrected chi connectivity index (χ0v) is 13.1. The van der Waals surface area contributed by atoms with Crippen LogP contribution in [-0.2, 0) is 13.0 Å². The first-order valence-corrected chi connectivity index (χ1v) is 8.28. The van der Waals surface area contributed by atoms with Crippen molar-refractivity contribution in [2.45, 2.75) is 13.0 Å². The van der Waals surface area contributed by atoms with Crippen LogP contribution in [0.1, 0.15) is 26.6 Å². The molecule has 0 radical (unpaired) electrons. The quantitative estimate of drug-likeness (QED) is 0.881. The smallest absolute Gasteiger partial charge is 0.355 e. The summed E-state index contributed by atoms with van der Waals surface area (Å²) in [6.07, 6.45) is 0.695. The second-order valence-corrected chi connectivity index (χ2v) is 6.35. The van der Waals surface area contributed by atoms with Gasteiger partial charge >= 0.3 is 5.97 Å². The fourth-order valence-corrected chi connectivity index (χ4v) is 3.44. The van der Waals surface area contributed by atoms with Crippen molar-refractivity contribution in [2.75, 3.05) is 26.2 Å². The average molecular weight is 317 g/mol. The summed E-state index contributed by atoms with van der Waals surface area (Å²) in [5.74, 6) is -0.961. The molecule has 116 valence electrons. The number of piperazine rings is 1. The van der Waals surface area contributed by atoms with Gasteiger partial charge in [-0.25, -0.2) is 9.78 Å². The van der Waals surface area contributed by atoms with Gasteiger partial charge in [-0.1, -0.05) is 24.3 Å². The molecule has 1 aliphatic rings. The maximum absolute atomic E-state index is 10.9. The maximum atomic E-state index is 10.9. The van der Waals surface area contributed by atoms with E-state index in [1.54, 1.807) is 5.38 Å². The first-order chi connectivity index (χ1) is 10.7. The van der Waals surface area contributed by atoms with Gasteiger partial charge in [-0.2, -0.15) is 0 Å². The monoisotopic (exact) mass is 317 g/mol. The van der Waals surface area contributed by atoms with E-state index in [4.69, 9.17) is 5.11 Å². The number of nitrogens with one attached hydrogen (secondary N) is 1. The van der Waals surface area contributed by atoms with E-state index >= 15 is 0 Å². The highest BCUT2D eigenvalue weighted by atomic mass is 32.1. The lowest BCUT2D eigenvalue weighted by atomic mass is 10.0. The van der Waals surface area contributed by atoms with Gasteiger partial charge in [0.05, 0.1) is 5.01 Å². The SMILES string of the molecule is O=C(O)c1csc(Cc2ccccc2CN2CCNCC2)n1. The Labute approximate surface area is 133 Å². The van der Waals surface area contributed by atoms with Gasteiger partial charge in [-0.15, -0.1) is 11.3 Å². The largest absolute Gasteiger partial charge is 0.476 e. The summed E-state index contributed by atoms with van der Waals surface area (Å²) in [7, 11) is 0. The Morgan fingerprint density at radius 1 is 1.27 bits per heavy atom. The fraction of sp³-hybridized carbons (Fsp3) is 0.375. The zero-order chi connectivity index (χ0) is 15.4. The van der Waals surface area contributed by atoms with E-state index in [-0.39, 0.29) is 5.69 Å². The molecule has 0 unspecified atom stereocenters. The number of carboxylic acid groups (broad SMARTS) is 1. The third-order valence-corrected chi connectivity index (χ3v) is 4.68. The number of hydrogen-bond donors (Lipinski definition) is 2. The van der Waals surface area contributed by atoms with E-state index in [1.807, 2.05) is 6.07 Å². The van der Waals surface area contributed by atoms with Crippen LogP contribution in [0.15, 0.2) is 29.6 Å². The summed E-state index contributed by atoms with van der Waals surface area (Å²) < 4.78 is 0. The molecule has 0 saturated carbocycles. The molecular weight excluding hydrogens is 298 g/mol. The fourth-order valence-electron chi connectivity index (χ4n) is 2.65. The maximum Gasteiger partial charge on any atom is 0.355 e. The standard InChI is InChI=1S/C16H19N3O2S/c20-16(21)14-11-22-15(18-14)9-12-3-1-2-4-13(12)10-19-7-5-17-6-8-19/h1-4,11,17H,5-10H2,(H,20,21). The van der Waals surface area contributed by atoms with E-state index in [2.05, 4.69) is 33.4 Å². The van der Waals surface area contributed by atoms with Crippen LogP contribution in [0.3, 0.4) is 0 Å². The lowest BCUT2D eigenvalue weighted by molar-refractivity contribution is 0.0691.